The number of ketones is 1. The molecule has 1 aliphatic rings. The van der Waals surface area contributed by atoms with Crippen molar-refractivity contribution < 1.29 is 9.59 Å². The molecule has 0 unspecified atom stereocenters. The van der Waals surface area contributed by atoms with E-state index in [2.05, 4.69) is 0 Å². The summed E-state index contributed by atoms with van der Waals surface area (Å²) in [5, 5.41) is 3.83. The molecular formula is C17H15ClN2O2. The maximum absolute atomic E-state index is 12.3. The molecule has 0 aromatic heterocycles. The van der Waals surface area contributed by atoms with E-state index in [1.165, 1.54) is 11.9 Å². The van der Waals surface area contributed by atoms with Crippen LogP contribution in [0.2, 0.25) is 5.02 Å². The molecule has 0 fully saturated rings. The molecule has 4 nitrogen and oxygen atoms in total. The Labute approximate surface area is 133 Å². The van der Waals surface area contributed by atoms with Gasteiger partial charge in [-0.05, 0) is 23.8 Å². The Morgan fingerprint density at radius 2 is 1.91 bits per heavy atom. The number of fused-ring (bicyclic) bond motifs is 1. The van der Waals surface area contributed by atoms with Gasteiger partial charge in [-0.25, -0.2) is 5.01 Å². The Morgan fingerprint density at radius 3 is 2.59 bits per heavy atom. The largest absolute Gasteiger partial charge is 0.292 e. The Morgan fingerprint density at radius 1 is 1.18 bits per heavy atom. The molecule has 0 saturated heterocycles. The first-order chi connectivity index (χ1) is 10.6. The van der Waals surface area contributed by atoms with Crippen molar-refractivity contribution in [2.24, 2.45) is 0 Å². The summed E-state index contributed by atoms with van der Waals surface area (Å²) in [6.45, 7) is 2.02. The molecule has 0 N–H and O–H groups in total. The number of hydrazine groups is 1. The fourth-order valence-electron chi connectivity index (χ4n) is 2.60. The molecule has 0 bridgehead atoms. The predicted octanol–water partition coefficient (Wildman–Crippen LogP) is 3.31. The number of Topliss-reactive ketones (excluding diaryl/α,β-unsaturated/α-hetero) is 1. The molecule has 2 aromatic rings. The number of benzene rings is 2. The summed E-state index contributed by atoms with van der Waals surface area (Å²) in [5.41, 5.74) is 2.32. The van der Waals surface area contributed by atoms with Crippen LogP contribution in [0, 0.1) is 0 Å². The fraction of sp³-hybridized carbons (Fsp3) is 0.176. The molecule has 0 radical (unpaired) electrons. The summed E-state index contributed by atoms with van der Waals surface area (Å²) < 4.78 is 0. The van der Waals surface area contributed by atoms with E-state index in [-0.39, 0.29) is 18.2 Å². The van der Waals surface area contributed by atoms with E-state index in [0.29, 0.717) is 22.8 Å². The maximum atomic E-state index is 12.3. The van der Waals surface area contributed by atoms with E-state index >= 15 is 0 Å². The van der Waals surface area contributed by atoms with Gasteiger partial charge in [0.25, 0.3) is 0 Å². The van der Waals surface area contributed by atoms with Crippen molar-refractivity contribution in [3.63, 3.8) is 0 Å². The van der Waals surface area contributed by atoms with Crippen LogP contribution in [0.1, 0.15) is 22.8 Å². The van der Waals surface area contributed by atoms with Crippen molar-refractivity contribution in [3.05, 3.63) is 64.7 Å². The first kappa shape index (κ1) is 14.6. The van der Waals surface area contributed by atoms with Crippen molar-refractivity contribution in [1.29, 1.82) is 0 Å². The number of hydrogen-bond donors (Lipinski definition) is 0. The summed E-state index contributed by atoms with van der Waals surface area (Å²) in [6, 6.07) is 15.0. The summed E-state index contributed by atoms with van der Waals surface area (Å²) in [7, 11) is 0. The van der Waals surface area contributed by atoms with Crippen LogP contribution in [0.5, 0.6) is 0 Å². The molecule has 0 spiro atoms. The van der Waals surface area contributed by atoms with Crippen LogP contribution in [0.15, 0.2) is 48.5 Å². The van der Waals surface area contributed by atoms with E-state index in [1.807, 2.05) is 35.3 Å². The highest BCUT2D eigenvalue weighted by molar-refractivity contribution is 6.31. The molecule has 1 aliphatic heterocycles. The van der Waals surface area contributed by atoms with Crippen molar-refractivity contribution in [3.8, 4) is 0 Å². The SMILES string of the molecule is CC(=O)N1CC(=O)c2cc(Cl)ccc2N1Cc1ccccc1. The van der Waals surface area contributed by atoms with Gasteiger partial charge >= 0.3 is 0 Å². The van der Waals surface area contributed by atoms with E-state index in [1.54, 1.807) is 18.2 Å². The van der Waals surface area contributed by atoms with Gasteiger partial charge in [0.1, 0.15) is 6.54 Å². The predicted molar refractivity (Wildman–Crippen MR) is 85.8 cm³/mol. The highest BCUT2D eigenvalue weighted by atomic mass is 35.5. The van der Waals surface area contributed by atoms with E-state index in [9.17, 15) is 9.59 Å². The smallest absolute Gasteiger partial charge is 0.238 e. The zero-order valence-corrected chi connectivity index (χ0v) is 12.9. The average molecular weight is 315 g/mol. The Bertz CT molecular complexity index is 731. The van der Waals surface area contributed by atoms with Crippen LogP contribution in [-0.4, -0.2) is 23.2 Å². The van der Waals surface area contributed by atoms with E-state index in [4.69, 9.17) is 11.6 Å². The molecule has 1 amide bonds. The van der Waals surface area contributed by atoms with Crippen molar-refractivity contribution in [2.45, 2.75) is 13.5 Å². The quantitative estimate of drug-likeness (QED) is 0.854. The van der Waals surface area contributed by atoms with Crippen LogP contribution in [0.4, 0.5) is 5.69 Å². The third kappa shape index (κ3) is 2.70. The molecule has 0 atom stereocenters. The van der Waals surface area contributed by atoms with Crippen molar-refractivity contribution in [2.75, 3.05) is 11.6 Å². The van der Waals surface area contributed by atoms with Crippen molar-refractivity contribution >= 4 is 29.0 Å². The van der Waals surface area contributed by atoms with Crippen molar-refractivity contribution in [1.82, 2.24) is 5.01 Å². The molecule has 22 heavy (non-hydrogen) atoms. The normalized spacial score (nSPS) is 14.0. The van der Waals surface area contributed by atoms with Gasteiger partial charge in [-0.3, -0.25) is 14.6 Å². The first-order valence-electron chi connectivity index (χ1n) is 6.98. The number of rotatable bonds is 2. The molecular weight excluding hydrogens is 300 g/mol. The lowest BCUT2D eigenvalue weighted by atomic mass is 10.0. The minimum atomic E-state index is -0.162. The monoisotopic (exact) mass is 314 g/mol. The third-order valence-electron chi connectivity index (χ3n) is 3.66. The van der Waals surface area contributed by atoms with Crippen LogP contribution in [0.25, 0.3) is 0 Å². The third-order valence-corrected chi connectivity index (χ3v) is 3.90. The molecule has 1 heterocycles. The van der Waals surface area contributed by atoms with Gasteiger partial charge in [-0.15, -0.1) is 0 Å². The Balaban J connectivity index is 2.05. The summed E-state index contributed by atoms with van der Waals surface area (Å²) in [5.74, 6) is -0.262. The maximum Gasteiger partial charge on any atom is 0.238 e. The Kier molecular flexibility index (Phi) is 3.86. The van der Waals surface area contributed by atoms with Gasteiger partial charge in [0.2, 0.25) is 5.91 Å². The number of nitrogens with zero attached hydrogens (tertiary/aromatic N) is 2. The number of hydrogen-bond acceptors (Lipinski definition) is 3. The summed E-state index contributed by atoms with van der Waals surface area (Å²) in [6.07, 6.45) is 0. The molecule has 3 rings (SSSR count). The van der Waals surface area contributed by atoms with E-state index < -0.39 is 0 Å². The van der Waals surface area contributed by atoms with Gasteiger partial charge in [0, 0.05) is 17.5 Å². The summed E-state index contributed by atoms with van der Waals surface area (Å²) in [4.78, 5) is 24.2. The topological polar surface area (TPSA) is 40.6 Å². The molecule has 0 aliphatic carbocycles. The lowest BCUT2D eigenvalue weighted by Gasteiger charge is -2.40. The van der Waals surface area contributed by atoms with Crippen LogP contribution in [0.3, 0.4) is 0 Å². The minimum Gasteiger partial charge on any atom is -0.292 e. The van der Waals surface area contributed by atoms with Gasteiger partial charge in [0.05, 0.1) is 12.2 Å². The number of amides is 1. The number of carbonyl (C=O) groups excluding carboxylic acids is 2. The van der Waals surface area contributed by atoms with Gasteiger partial charge in [-0.1, -0.05) is 41.9 Å². The second-order valence-corrected chi connectivity index (χ2v) is 5.64. The zero-order chi connectivity index (χ0) is 15.7. The van der Waals surface area contributed by atoms with Crippen LogP contribution in [-0.2, 0) is 11.3 Å². The molecule has 112 valence electrons. The van der Waals surface area contributed by atoms with E-state index in [0.717, 1.165) is 5.56 Å². The number of halogens is 1. The zero-order valence-electron chi connectivity index (χ0n) is 12.1. The number of carbonyl (C=O) groups is 2. The molecule has 0 saturated carbocycles. The van der Waals surface area contributed by atoms with Crippen LogP contribution >= 0.6 is 11.6 Å². The first-order valence-corrected chi connectivity index (χ1v) is 7.36. The van der Waals surface area contributed by atoms with Gasteiger partial charge in [0.15, 0.2) is 5.78 Å². The molecule has 5 heteroatoms. The van der Waals surface area contributed by atoms with Crippen LogP contribution < -0.4 is 5.01 Å². The lowest BCUT2D eigenvalue weighted by Crippen LogP contribution is -2.51. The standard InChI is InChI=1S/C17H15ClN2O2/c1-12(21)19-11-17(22)15-9-14(18)7-8-16(15)20(19)10-13-5-3-2-4-6-13/h2-9H,10-11H2,1H3. The minimum absolute atomic E-state index is 0.0372. The molecule has 2 aromatic carbocycles. The second kappa shape index (κ2) is 5.81. The second-order valence-electron chi connectivity index (χ2n) is 5.20. The lowest BCUT2D eigenvalue weighted by molar-refractivity contribution is -0.129. The van der Waals surface area contributed by atoms with Gasteiger partial charge < -0.3 is 0 Å². The Hall–Kier alpha value is -2.33. The fourth-order valence-corrected chi connectivity index (χ4v) is 2.77. The average Bonchev–Trinajstić information content (AvgIpc) is 2.51. The summed E-state index contributed by atoms with van der Waals surface area (Å²) >= 11 is 6.00. The highest BCUT2D eigenvalue weighted by Gasteiger charge is 2.31. The number of anilines is 1. The highest BCUT2D eigenvalue weighted by Crippen LogP contribution is 2.31. The van der Waals surface area contributed by atoms with Gasteiger partial charge in [-0.2, -0.15) is 0 Å².